The van der Waals surface area contributed by atoms with Crippen molar-refractivity contribution in [1.29, 1.82) is 0 Å². The van der Waals surface area contributed by atoms with Gasteiger partial charge in [0.15, 0.2) is 0 Å². The fourth-order valence-electron chi connectivity index (χ4n) is 1.11. The summed E-state index contributed by atoms with van der Waals surface area (Å²) in [5.41, 5.74) is 1.13. The highest BCUT2D eigenvalue weighted by atomic mass is 15.1. The van der Waals surface area contributed by atoms with E-state index in [1.165, 1.54) is 0 Å². The molecular weight excluding hydrogens is 176 g/mol. The molecule has 0 aliphatic heterocycles. The number of nitrogens with one attached hydrogen (secondary N) is 1. The van der Waals surface area contributed by atoms with Crippen LogP contribution in [-0.4, -0.2) is 35.5 Å². The van der Waals surface area contributed by atoms with Gasteiger partial charge in [-0.25, -0.2) is 9.97 Å². The van der Waals surface area contributed by atoms with Crippen LogP contribution in [0.4, 0.5) is 0 Å². The van der Waals surface area contributed by atoms with E-state index in [2.05, 4.69) is 27.1 Å². The second-order valence-electron chi connectivity index (χ2n) is 3.53. The van der Waals surface area contributed by atoms with Gasteiger partial charge in [-0.3, -0.25) is 0 Å². The van der Waals surface area contributed by atoms with Gasteiger partial charge in [0.1, 0.15) is 5.82 Å². The van der Waals surface area contributed by atoms with Crippen LogP contribution >= 0.6 is 0 Å². The van der Waals surface area contributed by atoms with Gasteiger partial charge >= 0.3 is 0 Å². The van der Waals surface area contributed by atoms with Crippen LogP contribution < -0.4 is 5.32 Å². The topological polar surface area (TPSA) is 41.1 Å². The molecule has 0 saturated heterocycles. The van der Waals surface area contributed by atoms with E-state index in [0.29, 0.717) is 0 Å². The molecule has 0 aromatic carbocycles. The summed E-state index contributed by atoms with van der Waals surface area (Å²) in [6.07, 6.45) is 3.77. The Hall–Kier alpha value is -1.00. The van der Waals surface area contributed by atoms with Crippen LogP contribution in [0.5, 0.6) is 0 Å². The van der Waals surface area contributed by atoms with Crippen LogP contribution in [0.3, 0.4) is 0 Å². The molecule has 1 aromatic heterocycles. The lowest BCUT2D eigenvalue weighted by molar-refractivity contribution is 0.390. The molecule has 0 aliphatic carbocycles. The minimum absolute atomic E-state index is 0.793. The summed E-state index contributed by atoms with van der Waals surface area (Å²) in [4.78, 5) is 10.6. The first-order valence-electron chi connectivity index (χ1n) is 4.87. The van der Waals surface area contributed by atoms with Gasteiger partial charge in [-0.15, -0.1) is 0 Å². The van der Waals surface area contributed by atoms with Crippen molar-refractivity contribution in [3.05, 3.63) is 23.8 Å². The number of hydrogen-bond acceptors (Lipinski definition) is 4. The molecule has 4 heteroatoms. The average molecular weight is 194 g/mol. The van der Waals surface area contributed by atoms with E-state index in [1.54, 1.807) is 0 Å². The Morgan fingerprint density at radius 1 is 1.29 bits per heavy atom. The highest BCUT2D eigenvalue weighted by molar-refractivity contribution is 5.04. The summed E-state index contributed by atoms with van der Waals surface area (Å²) in [7, 11) is 4.02. The zero-order chi connectivity index (χ0) is 10.4. The maximum absolute atomic E-state index is 4.28. The molecular formula is C10H18N4. The molecule has 1 rings (SSSR count). The van der Waals surface area contributed by atoms with Crippen molar-refractivity contribution in [3.8, 4) is 0 Å². The Kier molecular flexibility index (Phi) is 4.49. The Morgan fingerprint density at radius 2 is 1.93 bits per heavy atom. The van der Waals surface area contributed by atoms with Crippen LogP contribution in [0.2, 0.25) is 0 Å². The first-order valence-corrected chi connectivity index (χ1v) is 4.87. The van der Waals surface area contributed by atoms with Gasteiger partial charge in [0, 0.05) is 24.5 Å². The van der Waals surface area contributed by atoms with Gasteiger partial charge in [0.25, 0.3) is 0 Å². The Morgan fingerprint density at radius 3 is 2.43 bits per heavy atom. The molecule has 0 saturated carbocycles. The molecule has 1 aromatic rings. The number of nitrogens with zero attached hydrogens (tertiary/aromatic N) is 3. The van der Waals surface area contributed by atoms with E-state index in [1.807, 2.05) is 26.5 Å². The predicted molar refractivity (Wildman–Crippen MR) is 56.8 cm³/mol. The molecule has 0 amide bonds. The lowest BCUT2D eigenvalue weighted by Gasteiger charge is -2.08. The fraction of sp³-hybridized carbons (Fsp3) is 0.600. The second kappa shape index (κ2) is 5.67. The van der Waals surface area contributed by atoms with Crippen molar-refractivity contribution in [1.82, 2.24) is 20.2 Å². The highest BCUT2D eigenvalue weighted by Crippen LogP contribution is 1.97. The SMILES string of the molecule is CCNCc1cnc(CN(C)C)nc1. The van der Waals surface area contributed by atoms with Crippen molar-refractivity contribution in [2.45, 2.75) is 20.0 Å². The summed E-state index contributed by atoms with van der Waals surface area (Å²) >= 11 is 0. The summed E-state index contributed by atoms with van der Waals surface area (Å²) in [6, 6.07) is 0. The van der Waals surface area contributed by atoms with Gasteiger partial charge < -0.3 is 10.2 Å². The van der Waals surface area contributed by atoms with Crippen LogP contribution in [0.25, 0.3) is 0 Å². The third-order valence-corrected chi connectivity index (χ3v) is 1.80. The fourth-order valence-corrected chi connectivity index (χ4v) is 1.11. The van der Waals surface area contributed by atoms with Gasteiger partial charge in [-0.1, -0.05) is 6.92 Å². The monoisotopic (exact) mass is 194 g/mol. The van der Waals surface area contributed by atoms with Crippen molar-refractivity contribution in [3.63, 3.8) is 0 Å². The molecule has 14 heavy (non-hydrogen) atoms. The first-order chi connectivity index (χ1) is 6.72. The Labute approximate surface area is 85.4 Å². The molecule has 0 fully saturated rings. The van der Waals surface area contributed by atoms with Gasteiger partial charge in [0.2, 0.25) is 0 Å². The van der Waals surface area contributed by atoms with Crippen LogP contribution in [-0.2, 0) is 13.1 Å². The van der Waals surface area contributed by atoms with Gasteiger partial charge in [-0.05, 0) is 20.6 Å². The molecule has 0 aliphatic rings. The largest absolute Gasteiger partial charge is 0.313 e. The van der Waals surface area contributed by atoms with E-state index in [4.69, 9.17) is 0 Å². The Balaban J connectivity index is 2.50. The van der Waals surface area contributed by atoms with E-state index in [-0.39, 0.29) is 0 Å². The van der Waals surface area contributed by atoms with E-state index in [0.717, 1.165) is 31.0 Å². The predicted octanol–water partition coefficient (Wildman–Crippen LogP) is 0.648. The minimum Gasteiger partial charge on any atom is -0.313 e. The Bertz CT molecular complexity index is 255. The van der Waals surface area contributed by atoms with Crippen LogP contribution in [0.15, 0.2) is 12.4 Å². The lowest BCUT2D eigenvalue weighted by atomic mass is 10.3. The molecule has 0 spiro atoms. The van der Waals surface area contributed by atoms with Gasteiger partial charge in [-0.2, -0.15) is 0 Å². The van der Waals surface area contributed by atoms with E-state index in [9.17, 15) is 0 Å². The summed E-state index contributed by atoms with van der Waals surface area (Å²) in [5.74, 6) is 0.871. The molecule has 0 radical (unpaired) electrons. The number of aromatic nitrogens is 2. The maximum atomic E-state index is 4.28. The summed E-state index contributed by atoms with van der Waals surface area (Å²) < 4.78 is 0. The summed E-state index contributed by atoms with van der Waals surface area (Å²) in [5, 5.41) is 3.23. The first kappa shape index (κ1) is 11.1. The molecule has 0 bridgehead atoms. The van der Waals surface area contributed by atoms with Crippen LogP contribution in [0, 0.1) is 0 Å². The molecule has 1 heterocycles. The highest BCUT2D eigenvalue weighted by Gasteiger charge is 1.98. The van der Waals surface area contributed by atoms with Crippen LogP contribution in [0.1, 0.15) is 18.3 Å². The smallest absolute Gasteiger partial charge is 0.142 e. The average Bonchev–Trinajstić information content (AvgIpc) is 2.16. The third kappa shape index (κ3) is 3.81. The van der Waals surface area contributed by atoms with Gasteiger partial charge in [0.05, 0.1) is 6.54 Å². The molecule has 0 unspecified atom stereocenters. The summed E-state index contributed by atoms with van der Waals surface area (Å²) in [6.45, 7) is 4.70. The normalized spacial score (nSPS) is 10.9. The number of hydrogen-bond donors (Lipinski definition) is 1. The standard InChI is InChI=1S/C10H18N4/c1-4-11-5-9-6-12-10(13-7-9)8-14(2)3/h6-7,11H,4-5,8H2,1-3H3. The second-order valence-corrected chi connectivity index (χ2v) is 3.53. The minimum atomic E-state index is 0.793. The van der Waals surface area contributed by atoms with Crippen molar-refractivity contribution in [2.75, 3.05) is 20.6 Å². The van der Waals surface area contributed by atoms with Crippen molar-refractivity contribution in [2.24, 2.45) is 0 Å². The molecule has 78 valence electrons. The molecule has 4 nitrogen and oxygen atoms in total. The van der Waals surface area contributed by atoms with Crippen molar-refractivity contribution >= 4 is 0 Å². The third-order valence-electron chi connectivity index (χ3n) is 1.80. The van der Waals surface area contributed by atoms with E-state index >= 15 is 0 Å². The van der Waals surface area contributed by atoms with Crippen molar-refractivity contribution < 1.29 is 0 Å². The lowest BCUT2D eigenvalue weighted by Crippen LogP contribution is -2.15. The number of rotatable bonds is 5. The zero-order valence-corrected chi connectivity index (χ0v) is 9.12. The molecule has 0 atom stereocenters. The van der Waals surface area contributed by atoms with E-state index < -0.39 is 0 Å². The quantitative estimate of drug-likeness (QED) is 0.747. The zero-order valence-electron chi connectivity index (χ0n) is 9.12. The molecule has 1 N–H and O–H groups in total. The maximum Gasteiger partial charge on any atom is 0.142 e.